The molecule has 0 bridgehead atoms. The molecule has 1 unspecified atom stereocenters. The number of piperidine rings is 1. The number of likely N-dealkylation sites (tertiary alicyclic amines) is 1. The summed E-state index contributed by atoms with van der Waals surface area (Å²) in [6.07, 6.45) is 5.37. The number of rotatable bonds is 0. The van der Waals surface area contributed by atoms with Crippen LogP contribution < -0.4 is 0 Å². The second-order valence-electron chi connectivity index (χ2n) is 4.61. The van der Waals surface area contributed by atoms with E-state index in [9.17, 15) is 4.79 Å². The second-order valence-corrected chi connectivity index (χ2v) is 6.37. The Hall–Kier alpha value is 0. The molecule has 0 aromatic heterocycles. The fraction of sp³-hybridized carbons (Fsp3) is 0.900. The summed E-state index contributed by atoms with van der Waals surface area (Å²) in [4.78, 5) is 12.3. The molecule has 2 aliphatic rings. The van der Waals surface area contributed by atoms with Gasteiger partial charge in [0.25, 0.3) is 0 Å². The van der Waals surface area contributed by atoms with Crippen molar-refractivity contribution in [2.45, 2.75) is 36.0 Å². The third-order valence-corrected chi connectivity index (χ3v) is 4.80. The molecule has 1 heterocycles. The number of hydrogen-bond acceptors (Lipinski definition) is 1. The van der Waals surface area contributed by atoms with E-state index in [1.807, 2.05) is 0 Å². The Balaban J connectivity index is 1.92. The number of amides is 1. The maximum Gasteiger partial charge on any atom is 0.407 e. The van der Waals surface area contributed by atoms with Gasteiger partial charge in [-0.15, -0.1) is 0 Å². The van der Waals surface area contributed by atoms with Crippen LogP contribution in [0.5, 0.6) is 0 Å². The molecule has 2 rings (SSSR count). The molecule has 0 aromatic rings. The van der Waals surface area contributed by atoms with Crippen LogP contribution in [-0.2, 0) is 0 Å². The molecule has 4 heteroatoms. The van der Waals surface area contributed by atoms with E-state index in [1.165, 1.54) is 19.3 Å². The van der Waals surface area contributed by atoms with Crippen molar-refractivity contribution < 1.29 is 9.90 Å². The lowest BCUT2D eigenvalue weighted by atomic mass is 9.77. The Labute approximate surface area is 98.0 Å². The lowest BCUT2D eigenvalue weighted by Gasteiger charge is -2.38. The smallest absolute Gasteiger partial charge is 0.407 e. The summed E-state index contributed by atoms with van der Waals surface area (Å²) < 4.78 is 0.823. The van der Waals surface area contributed by atoms with Gasteiger partial charge in [-0.3, -0.25) is 0 Å². The van der Waals surface area contributed by atoms with Crippen molar-refractivity contribution >= 4 is 28.7 Å². The molecule has 1 amide bonds. The Morgan fingerprint density at radius 1 is 1.36 bits per heavy atom. The van der Waals surface area contributed by atoms with E-state index in [1.54, 1.807) is 4.90 Å². The number of carbonyl (C=O) groups is 1. The van der Waals surface area contributed by atoms with Crippen LogP contribution in [0, 0.1) is 5.41 Å². The highest BCUT2D eigenvalue weighted by Gasteiger charge is 2.41. The van der Waals surface area contributed by atoms with Gasteiger partial charge >= 0.3 is 6.09 Å². The van der Waals surface area contributed by atoms with Gasteiger partial charge in [0.15, 0.2) is 0 Å². The molecule has 1 spiro atoms. The van der Waals surface area contributed by atoms with Crippen molar-refractivity contribution in [2.24, 2.45) is 5.41 Å². The number of carboxylic acid groups (broad SMARTS) is 1. The van der Waals surface area contributed by atoms with Crippen molar-refractivity contribution in [3.63, 3.8) is 0 Å². The molecule has 2 fully saturated rings. The van der Waals surface area contributed by atoms with Crippen molar-refractivity contribution in [1.82, 2.24) is 4.90 Å². The zero-order valence-electron chi connectivity index (χ0n) is 8.21. The molecule has 0 aromatic carbocycles. The second kappa shape index (κ2) is 3.87. The summed E-state index contributed by atoms with van der Waals surface area (Å²) in [5, 5.41) is 8.85. The van der Waals surface area contributed by atoms with E-state index in [0.717, 1.165) is 29.9 Å². The van der Waals surface area contributed by atoms with Crippen molar-refractivity contribution in [2.75, 3.05) is 13.1 Å². The molecular formula is C10H16INO2. The predicted molar refractivity (Wildman–Crippen MR) is 62.9 cm³/mol. The highest BCUT2D eigenvalue weighted by Crippen LogP contribution is 2.48. The predicted octanol–water partition coefficient (Wildman–Crippen LogP) is 2.73. The summed E-state index contributed by atoms with van der Waals surface area (Å²) in [5.74, 6) is 0. The van der Waals surface area contributed by atoms with Crippen LogP contribution in [0.15, 0.2) is 0 Å². The van der Waals surface area contributed by atoms with Crippen LogP contribution in [0.2, 0.25) is 0 Å². The van der Waals surface area contributed by atoms with E-state index in [4.69, 9.17) is 5.11 Å². The lowest BCUT2D eigenvalue weighted by Crippen LogP contribution is -2.41. The molecule has 1 aliphatic carbocycles. The maximum absolute atomic E-state index is 10.7. The molecule has 1 saturated heterocycles. The van der Waals surface area contributed by atoms with Crippen LogP contribution >= 0.6 is 22.6 Å². The average molecular weight is 309 g/mol. The summed E-state index contributed by atoms with van der Waals surface area (Å²) in [6.45, 7) is 1.50. The fourth-order valence-electron chi connectivity index (χ4n) is 2.76. The van der Waals surface area contributed by atoms with Gasteiger partial charge in [-0.1, -0.05) is 22.6 Å². The number of hydrogen-bond donors (Lipinski definition) is 1. The summed E-state index contributed by atoms with van der Waals surface area (Å²) in [6, 6.07) is 0. The van der Waals surface area contributed by atoms with Crippen LogP contribution in [0.25, 0.3) is 0 Å². The minimum atomic E-state index is -0.746. The summed E-state index contributed by atoms with van der Waals surface area (Å²) in [7, 11) is 0. The number of nitrogens with zero attached hydrogens (tertiary/aromatic N) is 1. The molecule has 1 aliphatic heterocycles. The topological polar surface area (TPSA) is 40.5 Å². The zero-order chi connectivity index (χ0) is 10.2. The zero-order valence-corrected chi connectivity index (χ0v) is 10.4. The molecule has 1 saturated carbocycles. The third kappa shape index (κ3) is 1.99. The Morgan fingerprint density at radius 3 is 2.43 bits per heavy atom. The van der Waals surface area contributed by atoms with Gasteiger partial charge in [-0.2, -0.15) is 0 Å². The molecule has 14 heavy (non-hydrogen) atoms. The first kappa shape index (κ1) is 10.5. The van der Waals surface area contributed by atoms with E-state index in [-0.39, 0.29) is 0 Å². The van der Waals surface area contributed by atoms with Crippen molar-refractivity contribution in [3.8, 4) is 0 Å². The van der Waals surface area contributed by atoms with Crippen LogP contribution in [0.1, 0.15) is 32.1 Å². The lowest BCUT2D eigenvalue weighted by molar-refractivity contribution is 0.0925. The fourth-order valence-corrected chi connectivity index (χ4v) is 4.01. The summed E-state index contributed by atoms with van der Waals surface area (Å²) in [5.41, 5.74) is 0.498. The van der Waals surface area contributed by atoms with Crippen molar-refractivity contribution in [1.29, 1.82) is 0 Å². The standard InChI is InChI=1S/C10H16INO2/c11-8-1-2-10(7-8)3-5-12(6-4-10)9(13)14/h8H,1-7H2,(H,13,14). The quantitative estimate of drug-likeness (QED) is 0.552. The van der Waals surface area contributed by atoms with Gasteiger partial charge in [-0.05, 0) is 37.5 Å². The Bertz CT molecular complexity index is 236. The minimum absolute atomic E-state index is 0.498. The normalized spacial score (nSPS) is 30.9. The maximum atomic E-state index is 10.7. The SMILES string of the molecule is O=C(O)N1CCC2(CCC(I)C2)CC1. The third-order valence-electron chi connectivity index (χ3n) is 3.74. The molecule has 1 N–H and O–H groups in total. The first-order valence-corrected chi connectivity index (χ1v) is 6.48. The van der Waals surface area contributed by atoms with Gasteiger partial charge in [-0.25, -0.2) is 4.79 Å². The highest BCUT2D eigenvalue weighted by atomic mass is 127. The first-order valence-electron chi connectivity index (χ1n) is 5.23. The van der Waals surface area contributed by atoms with Gasteiger partial charge in [0, 0.05) is 17.0 Å². The Kier molecular flexibility index (Phi) is 2.91. The molecule has 80 valence electrons. The average Bonchev–Trinajstić information content (AvgIpc) is 2.48. The van der Waals surface area contributed by atoms with Gasteiger partial charge in [0.1, 0.15) is 0 Å². The molecule has 0 radical (unpaired) electrons. The van der Waals surface area contributed by atoms with E-state index < -0.39 is 6.09 Å². The van der Waals surface area contributed by atoms with Gasteiger partial charge in [0.05, 0.1) is 0 Å². The highest BCUT2D eigenvalue weighted by molar-refractivity contribution is 14.1. The number of alkyl halides is 1. The molecular weight excluding hydrogens is 293 g/mol. The molecule has 3 nitrogen and oxygen atoms in total. The van der Waals surface area contributed by atoms with Gasteiger partial charge in [0.2, 0.25) is 0 Å². The van der Waals surface area contributed by atoms with Crippen LogP contribution in [0.4, 0.5) is 4.79 Å². The first-order chi connectivity index (χ1) is 6.61. The molecule has 1 atom stereocenters. The minimum Gasteiger partial charge on any atom is -0.465 e. The van der Waals surface area contributed by atoms with Gasteiger partial charge < -0.3 is 10.0 Å². The van der Waals surface area contributed by atoms with Crippen molar-refractivity contribution in [3.05, 3.63) is 0 Å². The summed E-state index contributed by atoms with van der Waals surface area (Å²) >= 11 is 2.53. The Morgan fingerprint density at radius 2 is 2.00 bits per heavy atom. The monoisotopic (exact) mass is 309 g/mol. The van der Waals surface area contributed by atoms with E-state index in [0.29, 0.717) is 5.41 Å². The number of halogens is 1. The van der Waals surface area contributed by atoms with Crippen LogP contribution in [-0.4, -0.2) is 33.1 Å². The largest absolute Gasteiger partial charge is 0.465 e. The van der Waals surface area contributed by atoms with E-state index in [2.05, 4.69) is 22.6 Å². The van der Waals surface area contributed by atoms with E-state index >= 15 is 0 Å². The van der Waals surface area contributed by atoms with Crippen LogP contribution in [0.3, 0.4) is 0 Å².